The van der Waals surface area contributed by atoms with Gasteiger partial charge in [0.15, 0.2) is 9.84 Å². The van der Waals surface area contributed by atoms with Gasteiger partial charge in [0, 0.05) is 61.2 Å². The van der Waals surface area contributed by atoms with Crippen LogP contribution in [-0.2, 0) is 36.4 Å². The first kappa shape index (κ1) is 36.3. The minimum atomic E-state index is -3.99. The molecule has 10 nitrogen and oxygen atoms in total. The Morgan fingerprint density at radius 2 is 1.83 bits per heavy atom. The molecule has 2 bridgehead atoms. The van der Waals surface area contributed by atoms with Gasteiger partial charge in [0.2, 0.25) is 10.0 Å². The van der Waals surface area contributed by atoms with Crippen LogP contribution in [0.3, 0.4) is 0 Å². The van der Waals surface area contributed by atoms with Gasteiger partial charge in [-0.25, -0.2) is 21.6 Å². The lowest BCUT2D eigenvalue weighted by molar-refractivity contribution is -0.115. The Morgan fingerprint density at radius 3 is 2.54 bits per heavy atom. The average molecular weight is 772 g/mol. The quantitative estimate of drug-likeness (QED) is 0.430. The van der Waals surface area contributed by atoms with Crippen LogP contribution in [0.1, 0.15) is 67.4 Å². The zero-order chi connectivity index (χ0) is 36.7. The van der Waals surface area contributed by atoms with Gasteiger partial charge in [-0.05, 0) is 105 Å². The summed E-state index contributed by atoms with van der Waals surface area (Å²) in [5.41, 5.74) is 2.47. The van der Waals surface area contributed by atoms with E-state index in [9.17, 15) is 21.6 Å². The number of halogens is 1. The Balaban J connectivity index is 1.18. The summed E-state index contributed by atoms with van der Waals surface area (Å²) < 4.78 is 66.9. The van der Waals surface area contributed by atoms with E-state index < -0.39 is 36.6 Å². The summed E-state index contributed by atoms with van der Waals surface area (Å²) in [7, 11) is -5.15. The molecule has 2 saturated heterocycles. The third-order valence-electron chi connectivity index (χ3n) is 13.3. The van der Waals surface area contributed by atoms with Crippen LogP contribution in [0.5, 0.6) is 5.75 Å². The van der Waals surface area contributed by atoms with Crippen LogP contribution >= 0.6 is 11.6 Å². The number of nitrogens with one attached hydrogen (secondary N) is 1. The number of sulfone groups is 1. The van der Waals surface area contributed by atoms with Crippen molar-refractivity contribution in [3.63, 3.8) is 0 Å². The third-order valence-corrected chi connectivity index (χ3v) is 17.5. The van der Waals surface area contributed by atoms with Crippen molar-refractivity contribution < 1.29 is 31.1 Å². The Labute approximate surface area is 313 Å². The maximum Gasteiger partial charge on any atom is 0.264 e. The van der Waals surface area contributed by atoms with Crippen LogP contribution in [0.4, 0.5) is 5.69 Å². The Morgan fingerprint density at radius 1 is 1.04 bits per heavy atom. The second-order valence-corrected chi connectivity index (χ2v) is 21.4. The van der Waals surface area contributed by atoms with Gasteiger partial charge >= 0.3 is 0 Å². The van der Waals surface area contributed by atoms with Crippen LogP contribution in [-0.4, -0.2) is 96.4 Å². The summed E-state index contributed by atoms with van der Waals surface area (Å²) in [6.07, 6.45) is 9.61. The SMILES string of the molecule is CO[C@@]1(CN2CC3(C2)CS(=O)(=O)C3)/C=C\C[C@H](C)[C@@H](C)S(=O)(=O)NC(=O)c2ccc3c(c2)N(C[C@@H]2CC[C@H]21)C[C@@]1(CCCc2cc(Cl)ccc21)CO3. The first-order chi connectivity index (χ1) is 24.6. The van der Waals surface area contributed by atoms with E-state index in [0.717, 1.165) is 55.9 Å². The Hall–Kier alpha value is -2.64. The van der Waals surface area contributed by atoms with Gasteiger partial charge in [0.25, 0.3) is 5.91 Å². The highest BCUT2D eigenvalue weighted by Gasteiger charge is 2.58. The molecule has 0 aromatic heterocycles. The fourth-order valence-corrected chi connectivity index (χ4v) is 13.9. The van der Waals surface area contributed by atoms with Gasteiger partial charge in [-0.15, -0.1) is 0 Å². The largest absolute Gasteiger partial charge is 0.490 e. The number of amides is 1. The number of hydrogen-bond acceptors (Lipinski definition) is 9. The molecule has 4 heterocycles. The molecular formula is C39H50ClN3O7S2. The molecule has 52 heavy (non-hydrogen) atoms. The highest BCUT2D eigenvalue weighted by atomic mass is 35.5. The second-order valence-electron chi connectivity index (χ2n) is 16.9. The number of rotatable bonds is 3. The fraction of sp³-hybridized carbons (Fsp3) is 0.615. The van der Waals surface area contributed by atoms with Gasteiger partial charge < -0.3 is 14.4 Å². The number of carbonyl (C=O) groups excluding carboxylic acids is 1. The van der Waals surface area contributed by atoms with E-state index in [-0.39, 0.29) is 45.7 Å². The number of ether oxygens (including phenoxy) is 2. The smallest absolute Gasteiger partial charge is 0.264 e. The molecule has 6 aliphatic rings. The molecule has 13 heteroatoms. The number of fused-ring (bicyclic) bond motifs is 4. The predicted octanol–water partition coefficient (Wildman–Crippen LogP) is 5.00. The standard InChI is InChI=1S/C39H50ClN3O7S2/c1-26-6-4-15-39(49-3,22-42-19-37(20-42)24-51(45,46)25-37)33-11-8-30(33)18-43-21-38(14-5-7-28-16-31(40)10-12-32(28)38)23-50-35-13-9-29(17-34(35)43)36(44)41-52(47,48)27(26)2/h4,9-10,12-13,15-17,26-27,30,33H,5-8,11,14,18-25H2,1-3H3,(H,41,44)/b15-4-/t26-,27+,30-,33+,38-,39+/m0/s1. The summed E-state index contributed by atoms with van der Waals surface area (Å²) >= 11 is 6.48. The first-order valence-corrected chi connectivity index (χ1v) is 22.4. The third kappa shape index (κ3) is 6.37. The molecule has 1 saturated carbocycles. The Kier molecular flexibility index (Phi) is 9.08. The zero-order valence-electron chi connectivity index (χ0n) is 30.3. The van der Waals surface area contributed by atoms with E-state index in [1.54, 1.807) is 26.2 Å². The number of nitrogens with zero attached hydrogens (tertiary/aromatic N) is 2. The first-order valence-electron chi connectivity index (χ1n) is 18.7. The molecule has 282 valence electrons. The lowest BCUT2D eigenvalue weighted by Crippen LogP contribution is -2.71. The molecule has 1 N–H and O–H groups in total. The molecule has 4 aliphatic heterocycles. The maximum absolute atomic E-state index is 13.6. The lowest BCUT2D eigenvalue weighted by atomic mass is 9.63. The average Bonchev–Trinajstić information content (AvgIpc) is 3.20. The molecule has 6 atom stereocenters. The predicted molar refractivity (Wildman–Crippen MR) is 202 cm³/mol. The van der Waals surface area contributed by atoms with Crippen LogP contribution in [0.2, 0.25) is 5.02 Å². The molecule has 2 spiro atoms. The number of benzene rings is 2. The van der Waals surface area contributed by atoms with Crippen molar-refractivity contribution in [1.82, 2.24) is 9.62 Å². The van der Waals surface area contributed by atoms with E-state index in [4.69, 9.17) is 21.1 Å². The second kappa shape index (κ2) is 13.0. The molecular weight excluding hydrogens is 722 g/mol. The van der Waals surface area contributed by atoms with Gasteiger partial charge in [-0.3, -0.25) is 9.69 Å². The van der Waals surface area contributed by atoms with Crippen LogP contribution in [0.25, 0.3) is 0 Å². The van der Waals surface area contributed by atoms with Crippen molar-refractivity contribution in [2.45, 2.75) is 68.6 Å². The number of allylic oxidation sites excluding steroid dienone is 1. The molecule has 0 unspecified atom stereocenters. The van der Waals surface area contributed by atoms with Crippen LogP contribution in [0.15, 0.2) is 48.6 Å². The summed E-state index contributed by atoms with van der Waals surface area (Å²) in [5, 5.41) is -0.0973. The minimum Gasteiger partial charge on any atom is -0.490 e. The molecule has 0 radical (unpaired) electrons. The summed E-state index contributed by atoms with van der Waals surface area (Å²) in [5.74, 6) is 0.717. The fourth-order valence-electron chi connectivity index (χ4n) is 10.2. The monoisotopic (exact) mass is 771 g/mol. The zero-order valence-corrected chi connectivity index (χ0v) is 32.7. The van der Waals surface area contributed by atoms with Crippen LogP contribution in [0, 0.1) is 23.2 Å². The highest BCUT2D eigenvalue weighted by Crippen LogP contribution is 2.51. The van der Waals surface area contributed by atoms with E-state index in [0.29, 0.717) is 38.4 Å². The number of hydrogen-bond donors (Lipinski definition) is 1. The van der Waals surface area contributed by atoms with Gasteiger partial charge in [0.1, 0.15) is 11.4 Å². The van der Waals surface area contributed by atoms with E-state index in [2.05, 4.69) is 38.8 Å². The van der Waals surface area contributed by atoms with Crippen molar-refractivity contribution in [3.8, 4) is 5.75 Å². The van der Waals surface area contributed by atoms with Gasteiger partial charge in [-0.2, -0.15) is 0 Å². The number of aryl methyl sites for hydroxylation is 1. The Bertz CT molecular complexity index is 2000. The van der Waals surface area contributed by atoms with Crippen molar-refractivity contribution in [2.24, 2.45) is 23.2 Å². The molecule has 3 fully saturated rings. The topological polar surface area (TPSA) is 122 Å². The van der Waals surface area contributed by atoms with E-state index >= 15 is 0 Å². The van der Waals surface area contributed by atoms with E-state index in [1.165, 1.54) is 11.1 Å². The summed E-state index contributed by atoms with van der Waals surface area (Å²) in [4.78, 5) is 18.3. The van der Waals surface area contributed by atoms with Crippen molar-refractivity contribution >= 4 is 43.1 Å². The van der Waals surface area contributed by atoms with Crippen molar-refractivity contribution in [1.29, 1.82) is 0 Å². The van der Waals surface area contributed by atoms with Gasteiger partial charge in [-0.1, -0.05) is 36.7 Å². The molecule has 2 aromatic rings. The van der Waals surface area contributed by atoms with E-state index in [1.807, 2.05) is 19.1 Å². The molecule has 1 amide bonds. The molecule has 2 aromatic carbocycles. The van der Waals surface area contributed by atoms with Crippen molar-refractivity contribution in [2.75, 3.05) is 62.8 Å². The number of likely N-dealkylation sites (tertiary alicyclic amines) is 1. The highest BCUT2D eigenvalue weighted by molar-refractivity contribution is 7.92. The minimum absolute atomic E-state index is 0.139. The van der Waals surface area contributed by atoms with Crippen molar-refractivity contribution in [3.05, 3.63) is 70.3 Å². The number of sulfonamides is 1. The normalized spacial score (nSPS) is 35.4. The summed E-state index contributed by atoms with van der Waals surface area (Å²) in [6.45, 7) is 7.52. The molecule has 2 aliphatic carbocycles. The number of methoxy groups -OCH3 is 1. The van der Waals surface area contributed by atoms with Gasteiger partial charge in [0.05, 0.1) is 29.0 Å². The lowest BCUT2D eigenvalue weighted by Gasteiger charge is -2.58. The summed E-state index contributed by atoms with van der Waals surface area (Å²) in [6, 6.07) is 11.5. The molecule has 8 rings (SSSR count). The maximum atomic E-state index is 13.6. The number of anilines is 1. The number of carbonyl (C=O) groups is 1. The van der Waals surface area contributed by atoms with Crippen LogP contribution < -0.4 is 14.4 Å².